The number of hydrogen-bond donors (Lipinski definition) is 1. The Bertz CT molecular complexity index is 692. The van der Waals surface area contributed by atoms with Crippen molar-refractivity contribution in [3.8, 4) is 11.4 Å². The molecule has 3 heteroatoms. The number of aromatic nitrogens is 2. The Balaban J connectivity index is 1.93. The molecular weight excluding hydrogens is 260 g/mol. The summed E-state index contributed by atoms with van der Waals surface area (Å²) in [6.45, 7) is 2.01. The standard InChI is InChI=1S/C18H18N2O/c1-14(17(21)15-8-4-2-5-9-15)20-13-12-19-18(20)16-10-6-3-7-11-16/h2-14,17,21H,1H3. The minimum absolute atomic E-state index is 0.0925. The molecule has 1 aromatic heterocycles. The Morgan fingerprint density at radius 1 is 0.952 bits per heavy atom. The molecule has 0 spiro atoms. The molecule has 0 amide bonds. The van der Waals surface area contributed by atoms with E-state index in [-0.39, 0.29) is 6.04 Å². The first-order valence-electron chi connectivity index (χ1n) is 7.08. The predicted molar refractivity (Wildman–Crippen MR) is 83.8 cm³/mol. The molecule has 2 aromatic carbocycles. The first-order chi connectivity index (χ1) is 10.3. The van der Waals surface area contributed by atoms with Crippen LogP contribution in [0.4, 0.5) is 0 Å². The van der Waals surface area contributed by atoms with Crippen molar-refractivity contribution >= 4 is 0 Å². The summed E-state index contributed by atoms with van der Waals surface area (Å²) in [4.78, 5) is 4.44. The summed E-state index contributed by atoms with van der Waals surface area (Å²) >= 11 is 0. The van der Waals surface area contributed by atoms with Gasteiger partial charge in [0.25, 0.3) is 0 Å². The van der Waals surface area contributed by atoms with Crippen molar-refractivity contribution in [2.24, 2.45) is 0 Å². The average molecular weight is 278 g/mol. The maximum atomic E-state index is 10.6. The van der Waals surface area contributed by atoms with Gasteiger partial charge in [0.15, 0.2) is 0 Å². The minimum atomic E-state index is -0.567. The Morgan fingerprint density at radius 2 is 1.57 bits per heavy atom. The Morgan fingerprint density at radius 3 is 2.24 bits per heavy atom. The van der Waals surface area contributed by atoms with Crippen LogP contribution in [-0.2, 0) is 0 Å². The Hall–Kier alpha value is -2.39. The van der Waals surface area contributed by atoms with E-state index >= 15 is 0 Å². The zero-order valence-electron chi connectivity index (χ0n) is 11.9. The largest absolute Gasteiger partial charge is 0.386 e. The molecular formula is C18H18N2O. The second kappa shape index (κ2) is 5.94. The van der Waals surface area contributed by atoms with E-state index in [1.54, 1.807) is 6.20 Å². The van der Waals surface area contributed by atoms with Crippen molar-refractivity contribution in [3.05, 3.63) is 78.6 Å². The minimum Gasteiger partial charge on any atom is -0.386 e. The monoisotopic (exact) mass is 278 g/mol. The number of hydrogen-bond acceptors (Lipinski definition) is 2. The summed E-state index contributed by atoms with van der Waals surface area (Å²) in [5.74, 6) is 0.873. The third kappa shape index (κ3) is 2.73. The molecule has 0 saturated carbocycles. The zero-order chi connectivity index (χ0) is 14.7. The fourth-order valence-corrected chi connectivity index (χ4v) is 2.53. The predicted octanol–water partition coefficient (Wildman–Crippen LogP) is 3.84. The topological polar surface area (TPSA) is 38.0 Å². The van der Waals surface area contributed by atoms with Crippen LogP contribution < -0.4 is 0 Å². The van der Waals surface area contributed by atoms with E-state index in [1.165, 1.54) is 0 Å². The van der Waals surface area contributed by atoms with Gasteiger partial charge < -0.3 is 9.67 Å². The molecule has 3 rings (SSSR count). The van der Waals surface area contributed by atoms with E-state index < -0.39 is 6.10 Å². The van der Waals surface area contributed by atoms with E-state index in [1.807, 2.05) is 78.4 Å². The van der Waals surface area contributed by atoms with Crippen molar-refractivity contribution < 1.29 is 5.11 Å². The lowest BCUT2D eigenvalue weighted by atomic mass is 10.0. The van der Waals surface area contributed by atoms with Gasteiger partial charge >= 0.3 is 0 Å². The molecule has 1 N–H and O–H groups in total. The second-order valence-electron chi connectivity index (χ2n) is 5.12. The highest BCUT2D eigenvalue weighted by molar-refractivity contribution is 5.55. The van der Waals surface area contributed by atoms with Crippen LogP contribution in [0.25, 0.3) is 11.4 Å². The van der Waals surface area contributed by atoms with Crippen molar-refractivity contribution in [3.63, 3.8) is 0 Å². The number of benzene rings is 2. The summed E-state index contributed by atoms with van der Waals surface area (Å²) in [5, 5.41) is 10.6. The molecule has 0 bridgehead atoms. The SMILES string of the molecule is CC(C(O)c1ccccc1)n1ccnc1-c1ccccc1. The molecule has 21 heavy (non-hydrogen) atoms. The van der Waals surface area contributed by atoms with Crippen molar-refractivity contribution in [1.82, 2.24) is 9.55 Å². The molecule has 0 aliphatic carbocycles. The molecule has 3 aromatic rings. The van der Waals surface area contributed by atoms with Gasteiger partial charge in [0.2, 0.25) is 0 Å². The van der Waals surface area contributed by atoms with Gasteiger partial charge in [-0.3, -0.25) is 0 Å². The number of aliphatic hydroxyl groups excluding tert-OH is 1. The van der Waals surface area contributed by atoms with E-state index in [4.69, 9.17) is 0 Å². The first kappa shape index (κ1) is 13.6. The molecule has 0 saturated heterocycles. The van der Waals surface area contributed by atoms with Crippen LogP contribution in [0.3, 0.4) is 0 Å². The number of aliphatic hydroxyl groups is 1. The smallest absolute Gasteiger partial charge is 0.140 e. The maximum Gasteiger partial charge on any atom is 0.140 e. The maximum absolute atomic E-state index is 10.6. The number of imidazole rings is 1. The lowest BCUT2D eigenvalue weighted by Gasteiger charge is -2.22. The van der Waals surface area contributed by atoms with Gasteiger partial charge in [-0.1, -0.05) is 60.7 Å². The van der Waals surface area contributed by atoms with E-state index in [0.29, 0.717) is 0 Å². The van der Waals surface area contributed by atoms with Crippen molar-refractivity contribution in [2.45, 2.75) is 19.1 Å². The number of rotatable bonds is 4. The molecule has 0 aliphatic heterocycles. The van der Waals surface area contributed by atoms with Gasteiger partial charge in [-0.25, -0.2) is 4.98 Å². The van der Waals surface area contributed by atoms with Gasteiger partial charge in [0.1, 0.15) is 5.82 Å². The van der Waals surface area contributed by atoms with Gasteiger partial charge in [-0.15, -0.1) is 0 Å². The van der Waals surface area contributed by atoms with Gasteiger partial charge in [0.05, 0.1) is 12.1 Å². The Kier molecular flexibility index (Phi) is 3.84. The highest BCUT2D eigenvalue weighted by Gasteiger charge is 2.20. The molecule has 106 valence electrons. The quantitative estimate of drug-likeness (QED) is 0.787. The molecule has 1 heterocycles. The van der Waals surface area contributed by atoms with Gasteiger partial charge in [-0.05, 0) is 12.5 Å². The molecule has 0 aliphatic rings. The van der Waals surface area contributed by atoms with Crippen LogP contribution in [0.5, 0.6) is 0 Å². The van der Waals surface area contributed by atoms with Crippen LogP contribution in [0.15, 0.2) is 73.1 Å². The van der Waals surface area contributed by atoms with Crippen LogP contribution in [0, 0.1) is 0 Å². The van der Waals surface area contributed by atoms with Gasteiger partial charge in [-0.2, -0.15) is 0 Å². The molecule has 2 atom stereocenters. The fourth-order valence-electron chi connectivity index (χ4n) is 2.53. The summed E-state index contributed by atoms with van der Waals surface area (Å²) in [7, 11) is 0. The molecule has 2 unspecified atom stereocenters. The summed E-state index contributed by atoms with van der Waals surface area (Å²) in [5.41, 5.74) is 1.97. The van der Waals surface area contributed by atoms with E-state index in [0.717, 1.165) is 17.0 Å². The van der Waals surface area contributed by atoms with Crippen LogP contribution >= 0.6 is 0 Å². The lowest BCUT2D eigenvalue weighted by Crippen LogP contribution is -2.15. The summed E-state index contributed by atoms with van der Waals surface area (Å²) < 4.78 is 2.02. The second-order valence-corrected chi connectivity index (χ2v) is 5.12. The van der Waals surface area contributed by atoms with Crippen LogP contribution in [0.1, 0.15) is 24.6 Å². The average Bonchev–Trinajstić information content (AvgIpc) is 3.04. The Labute approximate surface area is 124 Å². The molecule has 0 fully saturated rings. The lowest BCUT2D eigenvalue weighted by molar-refractivity contribution is 0.122. The molecule has 3 nitrogen and oxygen atoms in total. The van der Waals surface area contributed by atoms with Crippen molar-refractivity contribution in [1.29, 1.82) is 0 Å². The van der Waals surface area contributed by atoms with E-state index in [9.17, 15) is 5.11 Å². The fraction of sp³-hybridized carbons (Fsp3) is 0.167. The summed E-state index contributed by atoms with van der Waals surface area (Å²) in [6, 6.07) is 19.7. The highest BCUT2D eigenvalue weighted by atomic mass is 16.3. The van der Waals surface area contributed by atoms with E-state index in [2.05, 4.69) is 4.98 Å². The van der Waals surface area contributed by atoms with Crippen molar-refractivity contribution in [2.75, 3.05) is 0 Å². The van der Waals surface area contributed by atoms with Crippen LogP contribution in [-0.4, -0.2) is 14.7 Å². The molecule has 0 radical (unpaired) electrons. The zero-order valence-corrected chi connectivity index (χ0v) is 11.9. The highest BCUT2D eigenvalue weighted by Crippen LogP contribution is 2.29. The third-order valence-electron chi connectivity index (χ3n) is 3.74. The normalized spacial score (nSPS) is 13.8. The summed E-state index contributed by atoms with van der Waals surface area (Å²) in [6.07, 6.45) is 3.12. The van der Waals surface area contributed by atoms with Gasteiger partial charge in [0, 0.05) is 18.0 Å². The van der Waals surface area contributed by atoms with Crippen LogP contribution in [0.2, 0.25) is 0 Å². The first-order valence-corrected chi connectivity index (χ1v) is 7.08. The third-order valence-corrected chi connectivity index (χ3v) is 3.74. The number of nitrogens with zero attached hydrogens (tertiary/aromatic N) is 2.